The van der Waals surface area contributed by atoms with Crippen molar-refractivity contribution < 1.29 is 0 Å². The van der Waals surface area contributed by atoms with Crippen LogP contribution in [0.3, 0.4) is 0 Å². The number of hydrogen-bond acceptors (Lipinski definition) is 1. The van der Waals surface area contributed by atoms with Crippen LogP contribution in [0.25, 0.3) is 11.6 Å². The topological polar surface area (TPSA) is 12.4 Å². The van der Waals surface area contributed by atoms with Gasteiger partial charge in [0.2, 0.25) is 0 Å². The van der Waals surface area contributed by atoms with Crippen LogP contribution in [0.4, 0.5) is 0 Å². The van der Waals surface area contributed by atoms with Crippen LogP contribution in [0.5, 0.6) is 0 Å². The molecule has 0 spiro atoms. The maximum atomic E-state index is 4.82. The minimum absolute atomic E-state index is 0.645. The van der Waals surface area contributed by atoms with E-state index < -0.39 is 0 Å². The van der Waals surface area contributed by atoms with Crippen molar-refractivity contribution in [3.63, 3.8) is 0 Å². The molecule has 0 N–H and O–H groups in total. The first kappa shape index (κ1) is 24.3. The maximum Gasteiger partial charge on any atom is 0.0712 e. The summed E-state index contributed by atoms with van der Waals surface area (Å²) in [5.74, 6) is 0. The lowest BCUT2D eigenvalue weighted by molar-refractivity contribution is 1.36. The van der Waals surface area contributed by atoms with Crippen LogP contribution in [-0.4, -0.2) is 5.71 Å². The predicted molar refractivity (Wildman–Crippen MR) is 144 cm³/mol. The van der Waals surface area contributed by atoms with Gasteiger partial charge in [-0.3, -0.25) is 0 Å². The smallest absolute Gasteiger partial charge is 0.0712 e. The number of rotatable bonds is 10. The summed E-state index contributed by atoms with van der Waals surface area (Å²) in [6.07, 6.45) is 15.4. The van der Waals surface area contributed by atoms with Gasteiger partial charge in [-0.15, -0.1) is 0 Å². The number of aliphatic imine (C=N–C) groups is 1. The molecule has 0 aliphatic heterocycles. The maximum absolute atomic E-state index is 4.82. The summed E-state index contributed by atoms with van der Waals surface area (Å²) in [6.45, 7) is 19.6. The normalized spacial score (nSPS) is 13.2. The first-order chi connectivity index (χ1) is 15.5. The number of nitrogens with zero attached hydrogens (tertiary/aromatic N) is 1. The van der Waals surface area contributed by atoms with Crippen LogP contribution >= 0.6 is 0 Å². The summed E-state index contributed by atoms with van der Waals surface area (Å²) in [6, 6.07) is 18.6. The van der Waals surface area contributed by atoms with Gasteiger partial charge >= 0.3 is 0 Å². The number of allylic oxidation sites excluding steroid dienone is 9. The van der Waals surface area contributed by atoms with E-state index in [1.54, 1.807) is 12.2 Å². The highest BCUT2D eigenvalue weighted by molar-refractivity contribution is 6.12. The molecule has 0 saturated carbocycles. The highest BCUT2D eigenvalue weighted by Crippen LogP contribution is 2.19. The molecule has 0 atom stereocenters. The van der Waals surface area contributed by atoms with E-state index in [4.69, 9.17) is 4.99 Å². The van der Waals surface area contributed by atoms with E-state index in [-0.39, 0.29) is 0 Å². The lowest BCUT2D eigenvalue weighted by Gasteiger charge is -2.08. The fourth-order valence-corrected chi connectivity index (χ4v) is 2.93. The van der Waals surface area contributed by atoms with Crippen LogP contribution in [-0.2, 0) is 0 Å². The van der Waals surface area contributed by atoms with Crippen molar-refractivity contribution in [2.24, 2.45) is 4.99 Å². The SMILES string of the molecule is C=C/C=C(\C=C)C(=C)N=C(/C=C(\C)c1ccc(/C=C/C=C(\C)C=C)cc1)c1ccccc1. The average molecular weight is 418 g/mol. The molecule has 0 aromatic heterocycles. The van der Waals surface area contributed by atoms with Gasteiger partial charge in [-0.05, 0) is 42.2 Å². The van der Waals surface area contributed by atoms with Gasteiger partial charge in [-0.1, -0.05) is 129 Å². The minimum atomic E-state index is 0.645. The number of benzene rings is 2. The summed E-state index contributed by atoms with van der Waals surface area (Å²) in [5.41, 5.74) is 7.89. The van der Waals surface area contributed by atoms with E-state index in [1.165, 1.54) is 0 Å². The largest absolute Gasteiger partial charge is 0.248 e. The Bertz CT molecular complexity index is 1110. The third-order valence-electron chi connectivity index (χ3n) is 4.86. The zero-order chi connectivity index (χ0) is 23.3. The van der Waals surface area contributed by atoms with Gasteiger partial charge in [0.25, 0.3) is 0 Å². The molecule has 160 valence electrons. The number of hydrogen-bond donors (Lipinski definition) is 0. The van der Waals surface area contributed by atoms with Gasteiger partial charge < -0.3 is 0 Å². The Morgan fingerprint density at radius 2 is 1.50 bits per heavy atom. The molecule has 1 heteroatoms. The van der Waals surface area contributed by atoms with Gasteiger partial charge in [0.05, 0.1) is 11.4 Å². The highest BCUT2D eigenvalue weighted by atomic mass is 14.8. The molecule has 0 aliphatic carbocycles. The molecule has 0 heterocycles. The molecular formula is C31H31N. The van der Waals surface area contributed by atoms with Crippen LogP contribution < -0.4 is 0 Å². The van der Waals surface area contributed by atoms with Crippen LogP contribution in [0.1, 0.15) is 30.5 Å². The third kappa shape index (κ3) is 7.37. The van der Waals surface area contributed by atoms with E-state index in [0.29, 0.717) is 5.70 Å². The van der Waals surface area contributed by atoms with Crippen LogP contribution in [0.2, 0.25) is 0 Å². The van der Waals surface area contributed by atoms with Crippen LogP contribution in [0, 0.1) is 0 Å². The van der Waals surface area contributed by atoms with Gasteiger partial charge in [0.15, 0.2) is 0 Å². The molecule has 0 fully saturated rings. The summed E-state index contributed by atoms with van der Waals surface area (Å²) in [4.78, 5) is 4.82. The summed E-state index contributed by atoms with van der Waals surface area (Å²) < 4.78 is 0. The molecule has 0 unspecified atom stereocenters. The van der Waals surface area contributed by atoms with Crippen molar-refractivity contribution in [1.29, 1.82) is 0 Å². The lowest BCUT2D eigenvalue weighted by atomic mass is 10.0. The van der Waals surface area contributed by atoms with E-state index in [2.05, 4.69) is 69.7 Å². The first-order valence-corrected chi connectivity index (χ1v) is 10.5. The quantitative estimate of drug-likeness (QED) is 0.271. The Balaban J connectivity index is 2.38. The van der Waals surface area contributed by atoms with Crippen LogP contribution in [0.15, 0.2) is 145 Å². The van der Waals surface area contributed by atoms with Gasteiger partial charge in [-0.2, -0.15) is 0 Å². The zero-order valence-corrected chi connectivity index (χ0v) is 19.1. The second kappa shape index (κ2) is 12.7. The first-order valence-electron chi connectivity index (χ1n) is 10.5. The monoisotopic (exact) mass is 417 g/mol. The predicted octanol–water partition coefficient (Wildman–Crippen LogP) is 8.54. The average Bonchev–Trinajstić information content (AvgIpc) is 2.82. The Hall–Kier alpha value is -3.97. The van der Waals surface area contributed by atoms with E-state index in [0.717, 1.165) is 39.1 Å². The molecule has 2 aromatic carbocycles. The van der Waals surface area contributed by atoms with Crippen molar-refractivity contribution in [1.82, 2.24) is 0 Å². The minimum Gasteiger partial charge on any atom is -0.248 e. The Morgan fingerprint density at radius 3 is 2.09 bits per heavy atom. The second-order valence-electron chi connectivity index (χ2n) is 7.29. The highest BCUT2D eigenvalue weighted by Gasteiger charge is 2.05. The molecule has 0 amide bonds. The molecule has 0 aliphatic rings. The van der Waals surface area contributed by atoms with Crippen molar-refractivity contribution in [3.8, 4) is 0 Å². The lowest BCUT2D eigenvalue weighted by Crippen LogP contribution is -1.99. The Morgan fingerprint density at radius 1 is 0.812 bits per heavy atom. The van der Waals surface area contributed by atoms with E-state index in [1.807, 2.05) is 61.6 Å². The van der Waals surface area contributed by atoms with Crippen molar-refractivity contribution in [3.05, 3.63) is 157 Å². The molecule has 1 nitrogen and oxygen atoms in total. The Kier molecular flexibility index (Phi) is 9.62. The van der Waals surface area contributed by atoms with Crippen molar-refractivity contribution in [2.75, 3.05) is 0 Å². The fraction of sp³-hybridized carbons (Fsp3) is 0.0645. The van der Waals surface area contributed by atoms with E-state index in [9.17, 15) is 0 Å². The molecule has 32 heavy (non-hydrogen) atoms. The summed E-state index contributed by atoms with van der Waals surface area (Å²) in [5, 5.41) is 0. The molecular weight excluding hydrogens is 386 g/mol. The molecule has 0 saturated heterocycles. The molecule has 0 bridgehead atoms. The summed E-state index contributed by atoms with van der Waals surface area (Å²) in [7, 11) is 0. The Labute approximate surface area is 193 Å². The van der Waals surface area contributed by atoms with Gasteiger partial charge in [0, 0.05) is 5.56 Å². The van der Waals surface area contributed by atoms with Gasteiger partial charge in [0.1, 0.15) is 0 Å². The van der Waals surface area contributed by atoms with Gasteiger partial charge in [-0.25, -0.2) is 4.99 Å². The standard InChI is InChI=1S/C31H31N/c1-7-14-28(9-3)26(6)32-31(30-17-11-10-12-18-30)23-25(5)29-21-19-27(20-22-29)16-13-15-24(4)8-2/h7-23H,1-3,6H2,4-5H3/b16-13+,24-15+,25-23+,28-14+,32-31?. The van der Waals surface area contributed by atoms with Crippen molar-refractivity contribution >= 4 is 17.4 Å². The molecule has 2 rings (SSSR count). The zero-order valence-electron chi connectivity index (χ0n) is 19.1. The summed E-state index contributed by atoms with van der Waals surface area (Å²) >= 11 is 0. The second-order valence-corrected chi connectivity index (χ2v) is 7.29. The molecule has 0 radical (unpaired) electrons. The third-order valence-corrected chi connectivity index (χ3v) is 4.86. The van der Waals surface area contributed by atoms with Crippen molar-refractivity contribution in [2.45, 2.75) is 13.8 Å². The fourth-order valence-electron chi connectivity index (χ4n) is 2.93. The molecule has 2 aromatic rings. The van der Waals surface area contributed by atoms with E-state index >= 15 is 0 Å².